The molecule has 0 unspecified atom stereocenters. The smallest absolute Gasteiger partial charge is 0.314 e. The number of aromatic hydroxyl groups is 1. The van der Waals surface area contributed by atoms with Gasteiger partial charge in [0.05, 0.1) is 57.8 Å². The summed E-state index contributed by atoms with van der Waals surface area (Å²) in [7, 11) is -3.66. The Bertz CT molecular complexity index is 907. The van der Waals surface area contributed by atoms with Crippen LogP contribution in [0.1, 0.15) is 12.8 Å². The molecular formula is C24H44N6O9S. The van der Waals surface area contributed by atoms with E-state index >= 15 is 0 Å². The van der Waals surface area contributed by atoms with Gasteiger partial charge in [-0.2, -0.15) is 0 Å². The number of amides is 4. The molecule has 16 heteroatoms. The normalized spacial score (nSPS) is 11.2. The lowest BCUT2D eigenvalue weighted by Gasteiger charge is -2.10. The first-order valence-electron chi connectivity index (χ1n) is 13.2. The van der Waals surface area contributed by atoms with Crippen LogP contribution in [0.2, 0.25) is 0 Å². The molecule has 0 heterocycles. The Hall–Kier alpha value is -2.73. The summed E-state index contributed by atoms with van der Waals surface area (Å²) >= 11 is 0. The van der Waals surface area contributed by atoms with E-state index in [1.165, 1.54) is 24.3 Å². The van der Waals surface area contributed by atoms with Gasteiger partial charge in [-0.05, 0) is 37.1 Å². The molecule has 4 amide bonds. The van der Waals surface area contributed by atoms with E-state index in [0.29, 0.717) is 85.2 Å². The number of rotatable bonds is 24. The summed E-state index contributed by atoms with van der Waals surface area (Å²) in [4.78, 5) is 23.5. The van der Waals surface area contributed by atoms with Crippen molar-refractivity contribution >= 4 is 22.1 Å². The summed E-state index contributed by atoms with van der Waals surface area (Å²) in [5, 5.41) is 20.1. The van der Waals surface area contributed by atoms with Crippen LogP contribution in [0.3, 0.4) is 0 Å². The van der Waals surface area contributed by atoms with Crippen molar-refractivity contribution in [2.75, 3.05) is 92.1 Å². The molecule has 8 N–H and O–H groups in total. The molecule has 1 aromatic rings. The molecule has 0 aliphatic heterocycles. The number of hydrogen-bond acceptors (Lipinski definition) is 10. The quantitative estimate of drug-likeness (QED) is 0.0733. The van der Waals surface area contributed by atoms with E-state index in [1.54, 1.807) is 0 Å². The lowest BCUT2D eigenvalue weighted by molar-refractivity contribution is 0.0516. The third-order valence-electron chi connectivity index (χ3n) is 4.93. The second-order valence-corrected chi connectivity index (χ2v) is 9.97. The minimum atomic E-state index is -3.66. The first-order chi connectivity index (χ1) is 19.3. The Morgan fingerprint density at radius 3 is 1.55 bits per heavy atom. The van der Waals surface area contributed by atoms with Gasteiger partial charge in [0.1, 0.15) is 5.75 Å². The minimum Gasteiger partial charge on any atom is -0.508 e. The van der Waals surface area contributed by atoms with Crippen molar-refractivity contribution in [2.24, 2.45) is 5.73 Å². The van der Waals surface area contributed by atoms with Crippen LogP contribution in [0.25, 0.3) is 0 Å². The Labute approximate surface area is 235 Å². The summed E-state index contributed by atoms with van der Waals surface area (Å²) in [5.74, 6) is -0.0125. The van der Waals surface area contributed by atoms with Crippen LogP contribution in [0.4, 0.5) is 9.59 Å². The molecule has 1 rings (SSSR count). The van der Waals surface area contributed by atoms with E-state index in [-0.39, 0.29) is 42.5 Å². The van der Waals surface area contributed by atoms with Crippen LogP contribution in [-0.4, -0.2) is 118 Å². The summed E-state index contributed by atoms with van der Waals surface area (Å²) in [6.45, 7) is 5.12. The number of benzene rings is 1. The second kappa shape index (κ2) is 23.0. The van der Waals surface area contributed by atoms with Crippen molar-refractivity contribution in [3.05, 3.63) is 24.3 Å². The first kappa shape index (κ1) is 35.3. The number of ether oxygens (including phenoxy) is 4. The molecule has 230 valence electrons. The standard InChI is InChI=1S/C24H44N6O9S/c25-7-13-36-17-18-37-14-10-28-23(32)26-8-1-2-9-27-24(33)29-11-15-38-19-20-39-16-12-30-40(34,35)22-5-3-21(31)4-6-22/h3-6,30-31H,1-2,7-20,25H2,(H2,26,28,32)(H2,27,29,33). The molecule has 0 aliphatic rings. The van der Waals surface area contributed by atoms with Crippen LogP contribution in [0.15, 0.2) is 29.2 Å². The predicted molar refractivity (Wildman–Crippen MR) is 148 cm³/mol. The van der Waals surface area contributed by atoms with Gasteiger partial charge < -0.3 is 51.1 Å². The van der Waals surface area contributed by atoms with E-state index in [0.717, 1.165) is 0 Å². The second-order valence-electron chi connectivity index (χ2n) is 8.20. The van der Waals surface area contributed by atoms with E-state index < -0.39 is 10.0 Å². The Balaban J connectivity index is 1.85. The molecule has 40 heavy (non-hydrogen) atoms. The number of unbranched alkanes of at least 4 members (excludes halogenated alkanes) is 1. The summed E-state index contributed by atoms with van der Waals surface area (Å²) < 4.78 is 47.7. The average Bonchev–Trinajstić information content (AvgIpc) is 2.93. The van der Waals surface area contributed by atoms with Crippen LogP contribution in [-0.2, 0) is 29.0 Å². The largest absolute Gasteiger partial charge is 0.508 e. The number of urea groups is 2. The van der Waals surface area contributed by atoms with Gasteiger partial charge in [-0.3, -0.25) is 0 Å². The predicted octanol–water partition coefficient (Wildman–Crippen LogP) is -0.926. The number of carbonyl (C=O) groups excluding carboxylic acids is 2. The molecule has 0 aliphatic carbocycles. The fourth-order valence-electron chi connectivity index (χ4n) is 2.94. The van der Waals surface area contributed by atoms with E-state index in [9.17, 15) is 23.1 Å². The molecule has 0 spiro atoms. The van der Waals surface area contributed by atoms with Gasteiger partial charge in [0.2, 0.25) is 10.0 Å². The van der Waals surface area contributed by atoms with Crippen molar-refractivity contribution in [3.8, 4) is 5.75 Å². The molecule has 0 saturated carbocycles. The summed E-state index contributed by atoms with van der Waals surface area (Å²) in [6, 6.07) is 4.65. The maximum atomic E-state index is 12.1. The van der Waals surface area contributed by atoms with Gasteiger partial charge in [0.25, 0.3) is 0 Å². The highest BCUT2D eigenvalue weighted by molar-refractivity contribution is 7.89. The summed E-state index contributed by atoms with van der Waals surface area (Å²) in [5.41, 5.74) is 5.30. The maximum Gasteiger partial charge on any atom is 0.314 e. The molecule has 0 saturated heterocycles. The van der Waals surface area contributed by atoms with Crippen molar-refractivity contribution < 1.29 is 42.1 Å². The molecule has 1 aromatic carbocycles. The van der Waals surface area contributed by atoms with Crippen LogP contribution < -0.4 is 31.7 Å². The fraction of sp³-hybridized carbons (Fsp3) is 0.667. The Morgan fingerprint density at radius 1 is 0.650 bits per heavy atom. The number of sulfonamides is 1. The first-order valence-corrected chi connectivity index (χ1v) is 14.7. The molecule has 0 aromatic heterocycles. The van der Waals surface area contributed by atoms with Crippen molar-refractivity contribution in [2.45, 2.75) is 17.7 Å². The minimum absolute atomic E-state index is 0.0125. The van der Waals surface area contributed by atoms with E-state index in [2.05, 4.69) is 26.0 Å². The highest BCUT2D eigenvalue weighted by Crippen LogP contribution is 2.13. The molecule has 15 nitrogen and oxygen atoms in total. The third-order valence-corrected chi connectivity index (χ3v) is 6.41. The summed E-state index contributed by atoms with van der Waals surface area (Å²) in [6.07, 6.45) is 1.42. The average molecular weight is 593 g/mol. The van der Waals surface area contributed by atoms with Crippen molar-refractivity contribution in [1.82, 2.24) is 26.0 Å². The van der Waals surface area contributed by atoms with Gasteiger partial charge >= 0.3 is 12.1 Å². The number of nitrogens with two attached hydrogens (primary N) is 1. The van der Waals surface area contributed by atoms with E-state index in [4.69, 9.17) is 24.7 Å². The zero-order chi connectivity index (χ0) is 29.3. The fourth-order valence-corrected chi connectivity index (χ4v) is 3.95. The van der Waals surface area contributed by atoms with Gasteiger partial charge in [-0.15, -0.1) is 0 Å². The molecule has 0 fully saturated rings. The number of nitrogens with one attached hydrogen (secondary N) is 5. The topological polar surface area (TPSA) is 212 Å². The number of carbonyl (C=O) groups is 2. The van der Waals surface area contributed by atoms with Crippen LogP contribution in [0.5, 0.6) is 5.75 Å². The van der Waals surface area contributed by atoms with Gasteiger partial charge in [-0.1, -0.05) is 0 Å². The van der Waals surface area contributed by atoms with Crippen LogP contribution >= 0.6 is 0 Å². The zero-order valence-corrected chi connectivity index (χ0v) is 23.6. The Kier molecular flexibility index (Phi) is 20.3. The number of phenolic OH excluding ortho intramolecular Hbond substituents is 1. The lowest BCUT2D eigenvalue weighted by Crippen LogP contribution is -2.39. The SMILES string of the molecule is NCCOCCOCCNC(=O)NCCCCNC(=O)NCCOCCOCCNS(=O)(=O)c1ccc(O)cc1. The van der Waals surface area contributed by atoms with Gasteiger partial charge in [0.15, 0.2) is 0 Å². The highest BCUT2D eigenvalue weighted by atomic mass is 32.2. The molecule has 0 radical (unpaired) electrons. The third kappa shape index (κ3) is 19.3. The molecule has 0 atom stereocenters. The van der Waals surface area contributed by atoms with Crippen LogP contribution in [0, 0.1) is 0 Å². The lowest BCUT2D eigenvalue weighted by atomic mass is 10.3. The van der Waals surface area contributed by atoms with Crippen molar-refractivity contribution in [3.63, 3.8) is 0 Å². The number of hydrogen-bond donors (Lipinski definition) is 7. The number of phenols is 1. The highest BCUT2D eigenvalue weighted by Gasteiger charge is 2.12. The van der Waals surface area contributed by atoms with E-state index in [1.807, 2.05) is 0 Å². The molecule has 0 bridgehead atoms. The van der Waals surface area contributed by atoms with Gasteiger partial charge in [-0.25, -0.2) is 22.7 Å². The Morgan fingerprint density at radius 2 is 1.07 bits per heavy atom. The van der Waals surface area contributed by atoms with Gasteiger partial charge in [0, 0.05) is 39.3 Å². The molecular weight excluding hydrogens is 548 g/mol. The zero-order valence-electron chi connectivity index (χ0n) is 22.8. The van der Waals surface area contributed by atoms with Crippen molar-refractivity contribution in [1.29, 1.82) is 0 Å². The maximum absolute atomic E-state index is 12.1. The monoisotopic (exact) mass is 592 g/mol.